The van der Waals surface area contributed by atoms with Gasteiger partial charge in [-0.2, -0.15) is 0 Å². The van der Waals surface area contributed by atoms with Crippen molar-refractivity contribution in [1.29, 1.82) is 0 Å². The molecule has 0 aliphatic heterocycles. The largest absolute Gasteiger partial charge is 0.504 e. The molecule has 0 aliphatic carbocycles. The zero-order chi connectivity index (χ0) is 11.4. The molecule has 84 valence electrons. The monoisotopic (exact) mass is 233 g/mol. The zero-order valence-corrected chi connectivity index (χ0v) is 9.14. The first-order valence-corrected chi connectivity index (χ1v) is 4.93. The van der Waals surface area contributed by atoms with Crippen molar-refractivity contribution in [2.24, 2.45) is 5.73 Å². The fraction of sp³-hybridized carbons (Fsp3) is 0.400. The molecule has 1 aromatic carbocycles. The van der Waals surface area contributed by atoms with Crippen LogP contribution in [0.3, 0.4) is 0 Å². The molecule has 0 saturated heterocycles. The number of hydrogen-bond donors (Lipinski definition) is 2. The van der Waals surface area contributed by atoms with Crippen LogP contribution in [0.2, 0.25) is 5.02 Å². The van der Waals surface area contributed by atoms with Crippen LogP contribution in [-0.4, -0.2) is 18.8 Å². The van der Waals surface area contributed by atoms with Crippen LogP contribution >= 0.6 is 11.6 Å². The molecule has 1 aromatic rings. The molecular weight excluding hydrogens is 221 g/mol. The highest BCUT2D eigenvalue weighted by atomic mass is 35.5. The summed E-state index contributed by atoms with van der Waals surface area (Å²) in [5, 5.41) is 9.16. The number of hydrogen-bond acceptors (Lipinski definition) is 3. The molecule has 1 rings (SSSR count). The second-order valence-electron chi connectivity index (χ2n) is 3.11. The average molecular weight is 234 g/mol. The predicted octanol–water partition coefficient (Wildman–Crippen LogP) is 2.08. The van der Waals surface area contributed by atoms with Crippen molar-refractivity contribution in [3.8, 4) is 11.5 Å². The Morgan fingerprint density at radius 1 is 1.60 bits per heavy atom. The summed E-state index contributed by atoms with van der Waals surface area (Å²) >= 11 is 5.74. The molecule has 0 heterocycles. The normalized spacial score (nSPS) is 10.4. The van der Waals surface area contributed by atoms with E-state index in [1.165, 1.54) is 13.2 Å². The first kappa shape index (κ1) is 12.1. The second kappa shape index (κ2) is 5.19. The lowest BCUT2D eigenvalue weighted by Crippen LogP contribution is -2.02. The van der Waals surface area contributed by atoms with Crippen LogP contribution in [0.4, 0.5) is 4.39 Å². The SMILES string of the molecule is COc1c(CCCN)cc(F)c(O)c1Cl. The van der Waals surface area contributed by atoms with Crippen LogP contribution in [0.1, 0.15) is 12.0 Å². The molecule has 0 spiro atoms. The lowest BCUT2D eigenvalue weighted by molar-refractivity contribution is 0.392. The van der Waals surface area contributed by atoms with E-state index in [2.05, 4.69) is 0 Å². The quantitative estimate of drug-likeness (QED) is 0.837. The molecule has 0 saturated carbocycles. The molecule has 0 atom stereocenters. The first-order valence-electron chi connectivity index (χ1n) is 4.55. The Balaban J connectivity index is 3.13. The Kier molecular flexibility index (Phi) is 4.17. The number of aromatic hydroxyl groups is 1. The van der Waals surface area contributed by atoms with Crippen molar-refractivity contribution < 1.29 is 14.2 Å². The Morgan fingerprint density at radius 3 is 2.80 bits per heavy atom. The predicted molar refractivity (Wildman–Crippen MR) is 57.0 cm³/mol. The average Bonchev–Trinajstić information content (AvgIpc) is 2.23. The van der Waals surface area contributed by atoms with E-state index in [0.717, 1.165) is 0 Å². The van der Waals surface area contributed by atoms with Crippen LogP contribution in [0.15, 0.2) is 6.07 Å². The van der Waals surface area contributed by atoms with E-state index in [1.54, 1.807) is 0 Å². The number of halogens is 2. The maximum Gasteiger partial charge on any atom is 0.174 e. The maximum absolute atomic E-state index is 13.2. The van der Waals surface area contributed by atoms with E-state index in [1.807, 2.05) is 0 Å². The van der Waals surface area contributed by atoms with Crippen LogP contribution in [0, 0.1) is 5.82 Å². The van der Waals surface area contributed by atoms with Gasteiger partial charge in [0.2, 0.25) is 0 Å². The molecule has 5 heteroatoms. The van der Waals surface area contributed by atoms with Gasteiger partial charge >= 0.3 is 0 Å². The summed E-state index contributed by atoms with van der Waals surface area (Å²) in [4.78, 5) is 0. The van der Waals surface area contributed by atoms with Crippen LogP contribution in [0.5, 0.6) is 11.5 Å². The van der Waals surface area contributed by atoms with Gasteiger partial charge in [-0.15, -0.1) is 0 Å². The molecule has 0 fully saturated rings. The number of benzene rings is 1. The topological polar surface area (TPSA) is 55.5 Å². The number of methoxy groups -OCH3 is 1. The summed E-state index contributed by atoms with van der Waals surface area (Å²) in [5.74, 6) is -1.01. The van der Waals surface area contributed by atoms with Gasteiger partial charge in [-0.25, -0.2) is 4.39 Å². The third kappa shape index (κ3) is 2.52. The van der Waals surface area contributed by atoms with Gasteiger partial charge in [0.1, 0.15) is 10.8 Å². The Hall–Kier alpha value is -1.00. The minimum Gasteiger partial charge on any atom is -0.504 e. The van der Waals surface area contributed by atoms with Crippen molar-refractivity contribution in [3.63, 3.8) is 0 Å². The molecule has 0 unspecified atom stereocenters. The number of phenols is 1. The minimum absolute atomic E-state index is 0.0930. The van der Waals surface area contributed by atoms with Crippen LogP contribution in [0.25, 0.3) is 0 Å². The molecular formula is C10H13ClFNO2. The van der Waals surface area contributed by atoms with Gasteiger partial charge < -0.3 is 15.6 Å². The third-order valence-corrected chi connectivity index (χ3v) is 2.43. The van der Waals surface area contributed by atoms with Gasteiger partial charge in [0.15, 0.2) is 11.6 Å². The standard InChI is InChI=1S/C10H13ClFNO2/c1-15-10-6(3-2-4-13)5-7(12)9(14)8(10)11/h5,14H,2-4,13H2,1H3. The highest BCUT2D eigenvalue weighted by molar-refractivity contribution is 6.33. The molecule has 0 aliphatic rings. The van der Waals surface area contributed by atoms with E-state index in [0.29, 0.717) is 30.7 Å². The fourth-order valence-corrected chi connectivity index (χ4v) is 1.63. The summed E-state index contributed by atoms with van der Waals surface area (Å²) in [6.45, 7) is 0.503. The molecule has 3 N–H and O–H groups in total. The van der Waals surface area contributed by atoms with Crippen molar-refractivity contribution in [1.82, 2.24) is 0 Å². The molecule has 3 nitrogen and oxygen atoms in total. The van der Waals surface area contributed by atoms with Crippen molar-refractivity contribution in [2.45, 2.75) is 12.8 Å². The molecule has 0 bridgehead atoms. The highest BCUT2D eigenvalue weighted by Crippen LogP contribution is 2.38. The van der Waals surface area contributed by atoms with Crippen molar-refractivity contribution in [2.75, 3.05) is 13.7 Å². The van der Waals surface area contributed by atoms with Gasteiger partial charge in [-0.05, 0) is 31.0 Å². The summed E-state index contributed by atoms with van der Waals surface area (Å²) in [6, 6.07) is 1.22. The van der Waals surface area contributed by atoms with Gasteiger partial charge in [0.05, 0.1) is 7.11 Å². The zero-order valence-electron chi connectivity index (χ0n) is 8.39. The lowest BCUT2D eigenvalue weighted by Gasteiger charge is -2.11. The smallest absolute Gasteiger partial charge is 0.174 e. The van der Waals surface area contributed by atoms with E-state index in [9.17, 15) is 9.50 Å². The van der Waals surface area contributed by atoms with E-state index < -0.39 is 11.6 Å². The Labute approximate surface area is 92.6 Å². The van der Waals surface area contributed by atoms with Crippen molar-refractivity contribution in [3.05, 3.63) is 22.5 Å². The van der Waals surface area contributed by atoms with Gasteiger partial charge in [0, 0.05) is 0 Å². The summed E-state index contributed by atoms with van der Waals surface area (Å²) < 4.78 is 18.2. The number of ether oxygens (including phenoxy) is 1. The van der Waals surface area contributed by atoms with Gasteiger partial charge in [-0.1, -0.05) is 11.6 Å². The van der Waals surface area contributed by atoms with E-state index in [-0.39, 0.29) is 5.02 Å². The number of nitrogens with two attached hydrogens (primary N) is 1. The molecule has 15 heavy (non-hydrogen) atoms. The fourth-order valence-electron chi connectivity index (χ4n) is 1.34. The number of rotatable bonds is 4. The summed E-state index contributed by atoms with van der Waals surface area (Å²) in [5.41, 5.74) is 5.97. The van der Waals surface area contributed by atoms with Gasteiger partial charge in [0.25, 0.3) is 0 Å². The first-order chi connectivity index (χ1) is 7.11. The summed E-state index contributed by atoms with van der Waals surface area (Å²) in [6.07, 6.45) is 1.27. The van der Waals surface area contributed by atoms with E-state index >= 15 is 0 Å². The minimum atomic E-state index is -0.743. The highest BCUT2D eigenvalue weighted by Gasteiger charge is 2.16. The summed E-state index contributed by atoms with van der Waals surface area (Å²) in [7, 11) is 1.42. The maximum atomic E-state index is 13.2. The van der Waals surface area contributed by atoms with Crippen LogP contribution in [-0.2, 0) is 6.42 Å². The molecule has 0 aromatic heterocycles. The van der Waals surface area contributed by atoms with Crippen LogP contribution < -0.4 is 10.5 Å². The third-order valence-electron chi connectivity index (χ3n) is 2.08. The Bertz CT molecular complexity index is 358. The lowest BCUT2D eigenvalue weighted by atomic mass is 10.1. The number of phenolic OH excluding ortho intramolecular Hbond substituents is 1. The Morgan fingerprint density at radius 2 is 2.27 bits per heavy atom. The number of aryl methyl sites for hydroxylation is 1. The van der Waals surface area contributed by atoms with E-state index in [4.69, 9.17) is 22.1 Å². The molecule has 0 radical (unpaired) electrons. The van der Waals surface area contributed by atoms with Gasteiger partial charge in [-0.3, -0.25) is 0 Å². The molecule has 0 amide bonds. The second-order valence-corrected chi connectivity index (χ2v) is 3.48. The van der Waals surface area contributed by atoms with Crippen molar-refractivity contribution >= 4 is 11.6 Å².